The van der Waals surface area contributed by atoms with Crippen LogP contribution in [0.4, 0.5) is 24.5 Å². The SMILES string of the molecule is CN(C)S(=O)(=O)c1ccc(C(=O)Nc2ccccc2C(=O)Nc2cccc(C(F)(F)F)c2)cc1. The molecule has 178 valence electrons. The molecule has 3 rings (SSSR count). The highest BCUT2D eigenvalue weighted by Gasteiger charge is 2.30. The fraction of sp³-hybridized carbons (Fsp3) is 0.130. The van der Waals surface area contributed by atoms with Gasteiger partial charge in [0.05, 0.1) is 21.7 Å². The van der Waals surface area contributed by atoms with Gasteiger partial charge in [0.1, 0.15) is 0 Å². The van der Waals surface area contributed by atoms with E-state index in [1.54, 1.807) is 6.07 Å². The van der Waals surface area contributed by atoms with Gasteiger partial charge in [-0.3, -0.25) is 9.59 Å². The summed E-state index contributed by atoms with van der Waals surface area (Å²) >= 11 is 0. The van der Waals surface area contributed by atoms with E-state index >= 15 is 0 Å². The molecule has 34 heavy (non-hydrogen) atoms. The molecule has 0 heterocycles. The number of nitrogens with one attached hydrogen (secondary N) is 2. The second-order valence-electron chi connectivity index (χ2n) is 7.34. The van der Waals surface area contributed by atoms with Crippen LogP contribution in [0.2, 0.25) is 0 Å². The first-order chi connectivity index (χ1) is 15.9. The Labute approximate surface area is 194 Å². The third-order valence-corrected chi connectivity index (χ3v) is 6.59. The molecule has 0 spiro atoms. The number of halogens is 3. The summed E-state index contributed by atoms with van der Waals surface area (Å²) in [4.78, 5) is 25.4. The van der Waals surface area contributed by atoms with E-state index in [2.05, 4.69) is 10.6 Å². The van der Waals surface area contributed by atoms with Crippen molar-refractivity contribution in [2.24, 2.45) is 0 Å². The van der Waals surface area contributed by atoms with Gasteiger partial charge >= 0.3 is 6.18 Å². The van der Waals surface area contributed by atoms with Gasteiger partial charge < -0.3 is 10.6 Å². The molecular weight excluding hydrogens is 471 g/mol. The Bertz CT molecular complexity index is 1320. The van der Waals surface area contributed by atoms with Crippen molar-refractivity contribution in [3.63, 3.8) is 0 Å². The lowest BCUT2D eigenvalue weighted by molar-refractivity contribution is -0.137. The number of alkyl halides is 3. The van der Waals surface area contributed by atoms with Crippen LogP contribution in [0, 0.1) is 0 Å². The van der Waals surface area contributed by atoms with Crippen LogP contribution in [0.25, 0.3) is 0 Å². The summed E-state index contributed by atoms with van der Waals surface area (Å²) in [6.45, 7) is 0. The van der Waals surface area contributed by atoms with E-state index in [1.165, 1.54) is 68.7 Å². The van der Waals surface area contributed by atoms with Crippen molar-refractivity contribution in [2.45, 2.75) is 11.1 Å². The van der Waals surface area contributed by atoms with Crippen LogP contribution in [0.15, 0.2) is 77.7 Å². The maximum Gasteiger partial charge on any atom is 0.416 e. The minimum atomic E-state index is -4.56. The number of anilines is 2. The summed E-state index contributed by atoms with van der Waals surface area (Å²) in [5.74, 6) is -1.32. The maximum absolute atomic E-state index is 12.9. The topological polar surface area (TPSA) is 95.6 Å². The molecule has 0 saturated carbocycles. The minimum Gasteiger partial charge on any atom is -0.322 e. The standard InChI is InChI=1S/C23H20F3N3O4S/c1-29(2)34(32,33)18-12-10-15(11-13-18)21(30)28-20-9-4-3-8-19(20)22(31)27-17-7-5-6-16(14-17)23(24,25)26/h3-14H,1-2H3,(H,27,31)(H,28,30). The van der Waals surface area contributed by atoms with Gasteiger partial charge in [-0.15, -0.1) is 0 Å². The van der Waals surface area contributed by atoms with Gasteiger partial charge in [-0.05, 0) is 54.6 Å². The number of nitrogens with zero attached hydrogens (tertiary/aromatic N) is 1. The highest BCUT2D eigenvalue weighted by Crippen LogP contribution is 2.31. The molecular formula is C23H20F3N3O4S. The monoisotopic (exact) mass is 491 g/mol. The van der Waals surface area contributed by atoms with Crippen molar-refractivity contribution >= 4 is 33.2 Å². The molecule has 0 aliphatic rings. The molecule has 3 aromatic rings. The fourth-order valence-electron chi connectivity index (χ4n) is 2.95. The Kier molecular flexibility index (Phi) is 7.08. The Hall–Kier alpha value is -3.70. The van der Waals surface area contributed by atoms with Gasteiger partial charge in [0.15, 0.2) is 0 Å². The summed E-state index contributed by atoms with van der Waals surface area (Å²) in [6.07, 6.45) is -4.56. The largest absolute Gasteiger partial charge is 0.416 e. The number of para-hydroxylation sites is 1. The van der Waals surface area contributed by atoms with E-state index in [1.807, 2.05) is 0 Å². The molecule has 2 amide bonds. The van der Waals surface area contributed by atoms with Gasteiger partial charge in [-0.2, -0.15) is 13.2 Å². The predicted octanol–water partition coefficient (Wildman–Crippen LogP) is 4.46. The molecule has 2 N–H and O–H groups in total. The number of sulfonamides is 1. The predicted molar refractivity (Wildman–Crippen MR) is 121 cm³/mol. The second kappa shape index (κ2) is 9.65. The zero-order chi connectivity index (χ0) is 25.1. The van der Waals surface area contributed by atoms with Crippen LogP contribution >= 0.6 is 0 Å². The zero-order valence-electron chi connectivity index (χ0n) is 18.1. The van der Waals surface area contributed by atoms with Crippen molar-refractivity contribution in [1.29, 1.82) is 0 Å². The third kappa shape index (κ3) is 5.61. The molecule has 0 aliphatic carbocycles. The zero-order valence-corrected chi connectivity index (χ0v) is 18.9. The Morgan fingerprint density at radius 3 is 2.09 bits per heavy atom. The van der Waals surface area contributed by atoms with Crippen LogP contribution < -0.4 is 10.6 Å². The van der Waals surface area contributed by atoms with E-state index in [9.17, 15) is 31.2 Å². The quantitative estimate of drug-likeness (QED) is 0.532. The normalized spacial score (nSPS) is 11.8. The van der Waals surface area contributed by atoms with Crippen LogP contribution in [0.3, 0.4) is 0 Å². The van der Waals surface area contributed by atoms with Gasteiger partial charge in [0.25, 0.3) is 11.8 Å². The van der Waals surface area contributed by atoms with Crippen molar-refractivity contribution in [3.05, 3.63) is 89.5 Å². The Balaban J connectivity index is 1.79. The molecule has 7 nitrogen and oxygen atoms in total. The Morgan fingerprint density at radius 1 is 0.824 bits per heavy atom. The van der Waals surface area contributed by atoms with Crippen LogP contribution in [0.5, 0.6) is 0 Å². The number of benzene rings is 3. The third-order valence-electron chi connectivity index (χ3n) is 4.76. The molecule has 11 heteroatoms. The van der Waals surface area contributed by atoms with E-state index in [0.29, 0.717) is 0 Å². The number of amides is 2. The number of hydrogen-bond acceptors (Lipinski definition) is 4. The number of carbonyl (C=O) groups is 2. The first-order valence-electron chi connectivity index (χ1n) is 9.81. The van der Waals surface area contributed by atoms with E-state index in [4.69, 9.17) is 0 Å². The smallest absolute Gasteiger partial charge is 0.322 e. The molecule has 0 atom stereocenters. The van der Waals surface area contributed by atoms with Crippen molar-refractivity contribution in [3.8, 4) is 0 Å². The highest BCUT2D eigenvalue weighted by molar-refractivity contribution is 7.89. The molecule has 0 fully saturated rings. The molecule has 0 saturated heterocycles. The lowest BCUT2D eigenvalue weighted by atomic mass is 10.1. The van der Waals surface area contributed by atoms with Crippen LogP contribution in [-0.2, 0) is 16.2 Å². The first-order valence-corrected chi connectivity index (χ1v) is 11.2. The average molecular weight is 491 g/mol. The summed E-state index contributed by atoms with van der Waals surface area (Å²) in [6, 6.07) is 15.4. The van der Waals surface area contributed by atoms with Gasteiger partial charge in [-0.1, -0.05) is 18.2 Å². The average Bonchev–Trinajstić information content (AvgIpc) is 2.79. The van der Waals surface area contributed by atoms with Gasteiger partial charge in [0, 0.05) is 25.3 Å². The maximum atomic E-state index is 12.9. The number of rotatable bonds is 6. The molecule has 0 aliphatic heterocycles. The number of hydrogen-bond donors (Lipinski definition) is 2. The van der Waals surface area contributed by atoms with Crippen molar-refractivity contribution in [2.75, 3.05) is 24.7 Å². The molecule has 0 bridgehead atoms. The summed E-state index contributed by atoms with van der Waals surface area (Å²) < 4.78 is 64.2. The summed E-state index contributed by atoms with van der Waals surface area (Å²) in [7, 11) is -0.888. The lowest BCUT2D eigenvalue weighted by Crippen LogP contribution is -2.22. The van der Waals surface area contributed by atoms with Crippen molar-refractivity contribution < 1.29 is 31.2 Å². The first kappa shape index (κ1) is 24.9. The Morgan fingerprint density at radius 2 is 1.47 bits per heavy atom. The fourth-order valence-corrected chi connectivity index (χ4v) is 3.85. The molecule has 0 radical (unpaired) electrons. The summed E-state index contributed by atoms with van der Waals surface area (Å²) in [5, 5.41) is 4.97. The summed E-state index contributed by atoms with van der Waals surface area (Å²) in [5.41, 5.74) is -0.668. The van der Waals surface area contributed by atoms with E-state index < -0.39 is 33.6 Å². The molecule has 0 aromatic heterocycles. The lowest BCUT2D eigenvalue weighted by Gasteiger charge is -2.13. The molecule has 3 aromatic carbocycles. The van der Waals surface area contributed by atoms with Crippen LogP contribution in [0.1, 0.15) is 26.3 Å². The minimum absolute atomic E-state index is 0.00918. The second-order valence-corrected chi connectivity index (χ2v) is 9.50. The van der Waals surface area contributed by atoms with E-state index in [0.717, 1.165) is 16.4 Å². The van der Waals surface area contributed by atoms with Gasteiger partial charge in [-0.25, -0.2) is 12.7 Å². The van der Waals surface area contributed by atoms with Gasteiger partial charge in [0.2, 0.25) is 10.0 Å². The van der Waals surface area contributed by atoms with E-state index in [-0.39, 0.29) is 27.4 Å². The number of carbonyl (C=O) groups excluding carboxylic acids is 2. The van der Waals surface area contributed by atoms with Crippen molar-refractivity contribution in [1.82, 2.24) is 4.31 Å². The highest BCUT2D eigenvalue weighted by atomic mass is 32.2. The molecule has 0 unspecified atom stereocenters. The van der Waals surface area contributed by atoms with Crippen LogP contribution in [-0.4, -0.2) is 38.6 Å².